The molecule has 8 heteroatoms. The zero-order valence-corrected chi connectivity index (χ0v) is 33.0. The number of esters is 2. The second kappa shape index (κ2) is 40.5. The molecule has 0 saturated heterocycles. The normalized spacial score (nSPS) is 12.6. The molecule has 0 aliphatic carbocycles. The third-order valence-corrected chi connectivity index (χ3v) is 9.47. The number of ether oxygens (including phenoxy) is 4. The number of aliphatic hydroxyl groups excluding tert-OH is 2. The van der Waals surface area contributed by atoms with Gasteiger partial charge in [-0.05, 0) is 38.5 Å². The summed E-state index contributed by atoms with van der Waals surface area (Å²) in [5.41, 5.74) is 0. The van der Waals surface area contributed by atoms with E-state index in [9.17, 15) is 19.8 Å². The Morgan fingerprint density at radius 2 is 0.640 bits per heavy atom. The average molecular weight is 715 g/mol. The smallest absolute Gasteiger partial charge is 0.305 e. The van der Waals surface area contributed by atoms with Crippen molar-refractivity contribution in [1.29, 1.82) is 0 Å². The van der Waals surface area contributed by atoms with Gasteiger partial charge in [-0.3, -0.25) is 9.59 Å². The summed E-state index contributed by atoms with van der Waals surface area (Å²) in [5, 5.41) is 20.1. The summed E-state index contributed by atoms with van der Waals surface area (Å²) in [6.45, 7) is 6.46. The maximum absolute atomic E-state index is 11.9. The molecule has 2 N–H and O–H groups in total. The molecule has 0 aromatic carbocycles. The van der Waals surface area contributed by atoms with E-state index in [4.69, 9.17) is 18.9 Å². The van der Waals surface area contributed by atoms with Gasteiger partial charge in [-0.25, -0.2) is 0 Å². The Morgan fingerprint density at radius 3 is 0.960 bits per heavy atom. The van der Waals surface area contributed by atoms with Crippen LogP contribution in [0.3, 0.4) is 0 Å². The molecule has 0 rings (SSSR count). The summed E-state index contributed by atoms with van der Waals surface area (Å²) in [7, 11) is 0. The lowest BCUT2D eigenvalue weighted by Crippen LogP contribution is -2.15. The van der Waals surface area contributed by atoms with Crippen LogP contribution in [-0.4, -0.2) is 74.0 Å². The Hall–Kier alpha value is -1.22. The van der Waals surface area contributed by atoms with Crippen molar-refractivity contribution in [2.45, 2.75) is 219 Å². The molecule has 0 amide bonds. The van der Waals surface area contributed by atoms with E-state index in [-0.39, 0.29) is 37.4 Å². The topological polar surface area (TPSA) is 112 Å². The molecule has 298 valence electrons. The van der Waals surface area contributed by atoms with Gasteiger partial charge in [0, 0.05) is 12.8 Å². The summed E-state index contributed by atoms with van der Waals surface area (Å²) >= 11 is 0. The molecular formula is C42H82O8. The largest absolute Gasteiger partial charge is 0.463 e. The number of hydrogen-bond acceptors (Lipinski definition) is 8. The predicted molar refractivity (Wildman–Crippen MR) is 205 cm³/mol. The lowest BCUT2D eigenvalue weighted by molar-refractivity contribution is -0.147. The van der Waals surface area contributed by atoms with Crippen LogP contribution in [0.25, 0.3) is 0 Å². The molecule has 0 fully saturated rings. The number of unbranched alkanes of at least 4 members (excludes halogenated alkanes) is 20. The molecule has 0 saturated carbocycles. The highest BCUT2D eigenvalue weighted by molar-refractivity contribution is 5.69. The first kappa shape index (κ1) is 48.8. The third-order valence-electron chi connectivity index (χ3n) is 9.47. The van der Waals surface area contributed by atoms with Gasteiger partial charge in [0.2, 0.25) is 0 Å². The molecular weight excluding hydrogens is 632 g/mol. The van der Waals surface area contributed by atoms with Crippen LogP contribution in [0.5, 0.6) is 0 Å². The van der Waals surface area contributed by atoms with Crippen LogP contribution in [0.4, 0.5) is 0 Å². The van der Waals surface area contributed by atoms with E-state index in [1.54, 1.807) is 0 Å². The Morgan fingerprint density at radius 1 is 0.380 bits per heavy atom. The Kier molecular flexibility index (Phi) is 39.6. The lowest BCUT2D eigenvalue weighted by Gasteiger charge is -2.10. The first-order chi connectivity index (χ1) is 24.5. The maximum atomic E-state index is 11.9. The van der Waals surface area contributed by atoms with Crippen LogP contribution in [0.15, 0.2) is 0 Å². The highest BCUT2D eigenvalue weighted by atomic mass is 16.6. The van der Waals surface area contributed by atoms with Crippen LogP contribution in [0, 0.1) is 0 Å². The molecule has 0 spiro atoms. The number of carbonyl (C=O) groups is 2. The number of rotatable bonds is 41. The van der Waals surface area contributed by atoms with Crippen molar-refractivity contribution in [3.63, 3.8) is 0 Å². The van der Waals surface area contributed by atoms with Crippen molar-refractivity contribution in [3.8, 4) is 0 Å². The van der Waals surface area contributed by atoms with Crippen LogP contribution < -0.4 is 0 Å². The van der Waals surface area contributed by atoms with Crippen molar-refractivity contribution in [1.82, 2.24) is 0 Å². The fourth-order valence-electron chi connectivity index (χ4n) is 6.22. The van der Waals surface area contributed by atoms with Gasteiger partial charge >= 0.3 is 11.9 Å². The standard InChI is InChI=1S/C42H82O8/c1-3-5-7-21-27-39(43)29-23-17-13-9-11-15-19-25-31-41(45)49-37-35-47-33-34-48-36-38-50-42(46)32-26-20-16-12-10-14-18-24-30-40(44)28-22-8-6-4-2/h39-40,43-44H,3-38H2,1-2H3. The molecule has 0 aromatic heterocycles. The fourth-order valence-corrected chi connectivity index (χ4v) is 6.22. The van der Waals surface area contributed by atoms with E-state index in [0.29, 0.717) is 39.3 Å². The number of carbonyl (C=O) groups excluding carboxylic acids is 2. The van der Waals surface area contributed by atoms with E-state index in [1.165, 1.54) is 89.9 Å². The minimum Gasteiger partial charge on any atom is -0.463 e. The highest BCUT2D eigenvalue weighted by Crippen LogP contribution is 2.16. The van der Waals surface area contributed by atoms with E-state index in [0.717, 1.165) is 89.9 Å². The quantitative estimate of drug-likeness (QED) is 0.0475. The fraction of sp³-hybridized carbons (Fsp3) is 0.952. The van der Waals surface area contributed by atoms with Gasteiger partial charge < -0.3 is 29.2 Å². The average Bonchev–Trinajstić information content (AvgIpc) is 3.11. The summed E-state index contributed by atoms with van der Waals surface area (Å²) in [6, 6.07) is 0. The minimum absolute atomic E-state index is 0.110. The molecule has 0 heterocycles. The van der Waals surface area contributed by atoms with Crippen molar-refractivity contribution in [2.24, 2.45) is 0 Å². The second-order valence-electron chi connectivity index (χ2n) is 14.4. The molecule has 50 heavy (non-hydrogen) atoms. The predicted octanol–water partition coefficient (Wildman–Crippen LogP) is 10.6. The van der Waals surface area contributed by atoms with Crippen molar-refractivity contribution in [3.05, 3.63) is 0 Å². The van der Waals surface area contributed by atoms with Crippen molar-refractivity contribution in [2.75, 3.05) is 39.6 Å². The zero-order valence-electron chi connectivity index (χ0n) is 33.0. The molecule has 2 atom stereocenters. The molecule has 0 aliphatic rings. The van der Waals surface area contributed by atoms with Crippen LogP contribution >= 0.6 is 0 Å². The molecule has 0 aromatic rings. The van der Waals surface area contributed by atoms with Crippen molar-refractivity contribution >= 4 is 11.9 Å². The van der Waals surface area contributed by atoms with E-state index < -0.39 is 0 Å². The Bertz CT molecular complexity index is 645. The van der Waals surface area contributed by atoms with Crippen LogP contribution in [-0.2, 0) is 28.5 Å². The maximum Gasteiger partial charge on any atom is 0.305 e. The minimum atomic E-state index is -0.161. The monoisotopic (exact) mass is 715 g/mol. The zero-order chi connectivity index (χ0) is 36.6. The van der Waals surface area contributed by atoms with E-state index >= 15 is 0 Å². The summed E-state index contributed by atoms with van der Waals surface area (Å²) in [6.07, 6.45) is 32.6. The van der Waals surface area contributed by atoms with Crippen molar-refractivity contribution < 1.29 is 38.7 Å². The molecule has 0 bridgehead atoms. The second-order valence-corrected chi connectivity index (χ2v) is 14.4. The van der Waals surface area contributed by atoms with Crippen LogP contribution in [0.2, 0.25) is 0 Å². The van der Waals surface area contributed by atoms with Crippen LogP contribution in [0.1, 0.15) is 206 Å². The number of aliphatic hydroxyl groups is 2. The van der Waals surface area contributed by atoms with E-state index in [2.05, 4.69) is 13.8 Å². The van der Waals surface area contributed by atoms with Gasteiger partial charge in [0.15, 0.2) is 0 Å². The molecule has 8 nitrogen and oxygen atoms in total. The molecule has 0 radical (unpaired) electrons. The van der Waals surface area contributed by atoms with Gasteiger partial charge in [0.25, 0.3) is 0 Å². The van der Waals surface area contributed by atoms with Gasteiger partial charge in [-0.2, -0.15) is 0 Å². The van der Waals surface area contributed by atoms with Gasteiger partial charge in [-0.15, -0.1) is 0 Å². The van der Waals surface area contributed by atoms with Gasteiger partial charge in [-0.1, -0.05) is 155 Å². The Labute approximate surface area is 308 Å². The molecule has 2 unspecified atom stereocenters. The summed E-state index contributed by atoms with van der Waals surface area (Å²) in [5.74, 6) is -0.321. The molecule has 0 aliphatic heterocycles. The lowest BCUT2D eigenvalue weighted by atomic mass is 10.0. The SMILES string of the molecule is CCCCCCC(O)CCCCCCCCCCC(=O)OCCOCCOCCOC(=O)CCCCCCCCCCC(O)CCCCCC. The summed E-state index contributed by atoms with van der Waals surface area (Å²) in [4.78, 5) is 23.8. The Balaban J connectivity index is 3.30. The number of hydrogen-bond donors (Lipinski definition) is 2. The van der Waals surface area contributed by atoms with Gasteiger partial charge in [0.05, 0.1) is 38.6 Å². The third kappa shape index (κ3) is 39.6. The van der Waals surface area contributed by atoms with E-state index in [1.807, 2.05) is 0 Å². The highest BCUT2D eigenvalue weighted by Gasteiger charge is 2.06. The van der Waals surface area contributed by atoms with Gasteiger partial charge in [0.1, 0.15) is 13.2 Å². The summed E-state index contributed by atoms with van der Waals surface area (Å²) < 4.78 is 21.4. The first-order valence-electron chi connectivity index (χ1n) is 21.3. The first-order valence-corrected chi connectivity index (χ1v) is 21.3.